The number of amides is 1. The van der Waals surface area contributed by atoms with Gasteiger partial charge in [-0.25, -0.2) is 4.39 Å². The smallest absolute Gasteiger partial charge is 0.223 e. The second-order valence-electron chi connectivity index (χ2n) is 7.33. The monoisotopic (exact) mass is 410 g/mol. The van der Waals surface area contributed by atoms with Crippen molar-refractivity contribution in [3.63, 3.8) is 0 Å². The number of aromatic nitrogens is 3. The van der Waals surface area contributed by atoms with Gasteiger partial charge in [-0.1, -0.05) is 48.0 Å². The summed E-state index contributed by atoms with van der Waals surface area (Å²) in [6, 6.07) is 14.6. The van der Waals surface area contributed by atoms with Gasteiger partial charge in [0.05, 0.1) is 6.54 Å². The Balaban J connectivity index is 1.54. The summed E-state index contributed by atoms with van der Waals surface area (Å²) in [4.78, 5) is 12.2. The molecule has 1 aromatic heterocycles. The standard InChI is InChI=1S/C22H23FN4OS/c1-15-5-11-19(12-6-15)27-20(13-24-21(28)17-3-2-4-17)25-26-22(27)29-14-16-7-9-18(23)10-8-16/h5-12,17H,2-4,13-14H2,1H3,(H,24,28). The van der Waals surface area contributed by atoms with Gasteiger partial charge in [0.1, 0.15) is 5.82 Å². The van der Waals surface area contributed by atoms with E-state index in [9.17, 15) is 9.18 Å². The van der Waals surface area contributed by atoms with Crippen LogP contribution in [0, 0.1) is 18.7 Å². The molecule has 2 aromatic carbocycles. The summed E-state index contributed by atoms with van der Waals surface area (Å²) in [5, 5.41) is 12.4. The molecule has 0 bridgehead atoms. The minimum absolute atomic E-state index is 0.0928. The van der Waals surface area contributed by atoms with Crippen molar-refractivity contribution in [2.45, 2.75) is 43.6 Å². The second-order valence-corrected chi connectivity index (χ2v) is 8.27. The Hall–Kier alpha value is -2.67. The zero-order valence-electron chi connectivity index (χ0n) is 16.3. The third kappa shape index (κ3) is 4.67. The zero-order valence-corrected chi connectivity index (χ0v) is 17.1. The average Bonchev–Trinajstić information content (AvgIpc) is 3.08. The lowest BCUT2D eigenvalue weighted by atomic mass is 9.85. The van der Waals surface area contributed by atoms with Gasteiger partial charge in [-0.2, -0.15) is 0 Å². The highest BCUT2D eigenvalue weighted by Gasteiger charge is 2.25. The van der Waals surface area contributed by atoms with Gasteiger partial charge >= 0.3 is 0 Å². The number of nitrogens with one attached hydrogen (secondary N) is 1. The van der Waals surface area contributed by atoms with E-state index in [4.69, 9.17) is 0 Å². The van der Waals surface area contributed by atoms with Gasteiger partial charge in [0, 0.05) is 17.4 Å². The van der Waals surface area contributed by atoms with Gasteiger partial charge in [-0.15, -0.1) is 10.2 Å². The predicted molar refractivity (Wildman–Crippen MR) is 111 cm³/mol. The van der Waals surface area contributed by atoms with Crippen LogP contribution in [0.3, 0.4) is 0 Å². The van der Waals surface area contributed by atoms with Crippen LogP contribution in [0.1, 0.15) is 36.2 Å². The van der Waals surface area contributed by atoms with Crippen molar-refractivity contribution in [3.05, 3.63) is 71.3 Å². The van der Waals surface area contributed by atoms with Crippen LogP contribution in [0.5, 0.6) is 0 Å². The van der Waals surface area contributed by atoms with Crippen molar-refractivity contribution in [1.29, 1.82) is 0 Å². The number of halogens is 1. The highest BCUT2D eigenvalue weighted by Crippen LogP contribution is 2.27. The van der Waals surface area contributed by atoms with Gasteiger partial charge in [0.2, 0.25) is 5.91 Å². The first-order valence-corrected chi connectivity index (χ1v) is 10.7. The lowest BCUT2D eigenvalue weighted by molar-refractivity contribution is -0.127. The molecule has 0 spiro atoms. The Morgan fingerprint density at radius 1 is 1.14 bits per heavy atom. The Morgan fingerprint density at radius 3 is 2.52 bits per heavy atom. The Morgan fingerprint density at radius 2 is 1.86 bits per heavy atom. The molecule has 3 aromatic rings. The highest BCUT2D eigenvalue weighted by atomic mass is 32.2. The summed E-state index contributed by atoms with van der Waals surface area (Å²) in [6.45, 7) is 2.38. The van der Waals surface area contributed by atoms with Gasteiger partial charge in [0.15, 0.2) is 11.0 Å². The SMILES string of the molecule is Cc1ccc(-n2c(CNC(=O)C3CCC3)nnc2SCc2ccc(F)cc2)cc1. The minimum Gasteiger partial charge on any atom is -0.349 e. The quantitative estimate of drug-likeness (QED) is 0.586. The molecule has 1 heterocycles. The van der Waals surface area contributed by atoms with Gasteiger partial charge in [-0.05, 0) is 49.6 Å². The molecule has 7 heteroatoms. The maximum absolute atomic E-state index is 13.1. The third-order valence-corrected chi connectivity index (χ3v) is 6.17. The topological polar surface area (TPSA) is 59.8 Å². The average molecular weight is 411 g/mol. The number of aryl methyl sites for hydroxylation is 1. The number of nitrogens with zero attached hydrogens (tertiary/aromatic N) is 3. The lowest BCUT2D eigenvalue weighted by Gasteiger charge is -2.24. The number of carbonyl (C=O) groups excluding carboxylic acids is 1. The van der Waals surface area contributed by atoms with E-state index in [1.54, 1.807) is 12.1 Å². The van der Waals surface area contributed by atoms with Crippen LogP contribution in [0.4, 0.5) is 4.39 Å². The van der Waals surface area contributed by atoms with E-state index in [0.29, 0.717) is 18.1 Å². The van der Waals surface area contributed by atoms with Crippen LogP contribution >= 0.6 is 11.8 Å². The fourth-order valence-corrected chi connectivity index (χ4v) is 4.10. The van der Waals surface area contributed by atoms with Gasteiger partial charge in [0.25, 0.3) is 0 Å². The van der Waals surface area contributed by atoms with E-state index in [1.165, 1.54) is 29.5 Å². The summed E-state index contributed by atoms with van der Waals surface area (Å²) >= 11 is 1.54. The molecule has 1 aliphatic carbocycles. The van der Waals surface area contributed by atoms with Gasteiger partial charge < -0.3 is 5.32 Å². The van der Waals surface area contributed by atoms with Crippen LogP contribution in [0.15, 0.2) is 53.7 Å². The number of hydrogen-bond donors (Lipinski definition) is 1. The molecule has 0 unspecified atom stereocenters. The molecule has 5 nitrogen and oxygen atoms in total. The van der Waals surface area contributed by atoms with Crippen LogP contribution in [-0.4, -0.2) is 20.7 Å². The van der Waals surface area contributed by atoms with E-state index < -0.39 is 0 Å². The minimum atomic E-state index is -0.244. The van der Waals surface area contributed by atoms with Crippen molar-refractivity contribution < 1.29 is 9.18 Å². The Kier molecular flexibility index (Phi) is 5.94. The highest BCUT2D eigenvalue weighted by molar-refractivity contribution is 7.98. The lowest BCUT2D eigenvalue weighted by Crippen LogP contribution is -2.34. The summed E-state index contributed by atoms with van der Waals surface area (Å²) < 4.78 is 15.1. The first-order chi connectivity index (χ1) is 14.1. The molecule has 1 N–H and O–H groups in total. The van der Waals surface area contributed by atoms with E-state index >= 15 is 0 Å². The van der Waals surface area contributed by atoms with E-state index in [1.807, 2.05) is 35.8 Å². The molecule has 4 rings (SSSR count). The van der Waals surface area contributed by atoms with Crippen molar-refractivity contribution in [2.24, 2.45) is 5.92 Å². The number of thioether (sulfide) groups is 1. The van der Waals surface area contributed by atoms with Crippen LogP contribution in [-0.2, 0) is 17.1 Å². The molecule has 1 amide bonds. The molecule has 0 atom stereocenters. The van der Waals surface area contributed by atoms with E-state index in [-0.39, 0.29) is 17.6 Å². The Labute approximate surface area is 173 Å². The fourth-order valence-electron chi connectivity index (χ4n) is 3.17. The fraction of sp³-hybridized carbons (Fsp3) is 0.318. The molecule has 1 fully saturated rings. The molecule has 1 saturated carbocycles. The van der Waals surface area contributed by atoms with E-state index in [0.717, 1.165) is 35.7 Å². The molecule has 0 aliphatic heterocycles. The molecule has 1 aliphatic rings. The molecular formula is C22H23FN4OS. The number of benzene rings is 2. The summed E-state index contributed by atoms with van der Waals surface area (Å²) in [7, 11) is 0. The number of hydrogen-bond acceptors (Lipinski definition) is 4. The predicted octanol–water partition coefficient (Wildman–Crippen LogP) is 4.42. The summed E-state index contributed by atoms with van der Waals surface area (Å²) in [5.41, 5.74) is 3.13. The third-order valence-electron chi connectivity index (χ3n) is 5.17. The molecule has 150 valence electrons. The second kappa shape index (κ2) is 8.78. The van der Waals surface area contributed by atoms with E-state index in [2.05, 4.69) is 15.5 Å². The van der Waals surface area contributed by atoms with Crippen molar-refractivity contribution >= 4 is 17.7 Å². The summed E-state index contributed by atoms with van der Waals surface area (Å²) in [6.07, 6.45) is 3.06. The first kappa shape index (κ1) is 19.6. The number of rotatable bonds is 7. The first-order valence-electron chi connectivity index (χ1n) is 9.76. The molecule has 0 saturated heterocycles. The van der Waals surface area contributed by atoms with Crippen LogP contribution in [0.2, 0.25) is 0 Å². The van der Waals surface area contributed by atoms with Crippen molar-refractivity contribution in [1.82, 2.24) is 20.1 Å². The van der Waals surface area contributed by atoms with Crippen molar-refractivity contribution in [3.8, 4) is 5.69 Å². The Bertz CT molecular complexity index is 981. The van der Waals surface area contributed by atoms with Gasteiger partial charge in [-0.3, -0.25) is 9.36 Å². The summed E-state index contributed by atoms with van der Waals surface area (Å²) in [5.74, 6) is 1.33. The largest absolute Gasteiger partial charge is 0.349 e. The molecular weight excluding hydrogens is 387 g/mol. The van der Waals surface area contributed by atoms with Crippen LogP contribution < -0.4 is 5.32 Å². The van der Waals surface area contributed by atoms with Crippen molar-refractivity contribution in [2.75, 3.05) is 0 Å². The zero-order chi connectivity index (χ0) is 20.2. The van der Waals surface area contributed by atoms with Crippen LogP contribution in [0.25, 0.3) is 5.69 Å². The number of carbonyl (C=O) groups is 1. The maximum atomic E-state index is 13.1. The maximum Gasteiger partial charge on any atom is 0.223 e. The normalized spacial score (nSPS) is 13.9. The molecule has 0 radical (unpaired) electrons. The molecule has 29 heavy (non-hydrogen) atoms.